The van der Waals surface area contributed by atoms with Gasteiger partial charge in [-0.2, -0.15) is 28.1 Å². The molecule has 20 heteroatoms. The van der Waals surface area contributed by atoms with Crippen LogP contribution in [0.4, 0.5) is 11.9 Å². The molecular weight excluding hydrogens is 610 g/mol. The maximum absolute atomic E-state index is 5.83. The smallest absolute Gasteiger partial charge is 0.248 e. The Morgan fingerprint density at radius 1 is 0.667 bits per heavy atom. The van der Waals surface area contributed by atoms with E-state index >= 15 is 0 Å². The van der Waals surface area contributed by atoms with Gasteiger partial charge in [-0.15, -0.1) is 10.2 Å². The van der Waals surface area contributed by atoms with Gasteiger partial charge < -0.3 is 9.80 Å². The van der Waals surface area contributed by atoms with Crippen LogP contribution in [-0.4, -0.2) is 88.7 Å². The Balaban J connectivity index is 0.000000201. The van der Waals surface area contributed by atoms with Gasteiger partial charge in [0.1, 0.15) is 0 Å². The van der Waals surface area contributed by atoms with Gasteiger partial charge in [-0.1, -0.05) is 23.6 Å². The van der Waals surface area contributed by atoms with Crippen LogP contribution >= 0.6 is 46.1 Å². The predicted molar refractivity (Wildman–Crippen MR) is 165 cm³/mol. The second-order valence-electron chi connectivity index (χ2n) is 8.46. The van der Waals surface area contributed by atoms with Crippen molar-refractivity contribution in [2.24, 2.45) is 14.1 Å². The normalized spacial score (nSPS) is 15.4. The van der Waals surface area contributed by atoms with Crippen molar-refractivity contribution in [1.82, 2.24) is 47.2 Å². The maximum atomic E-state index is 5.83. The molecule has 2 unspecified atom stereocenters. The maximum Gasteiger partial charge on any atom is 0.248 e. The number of hydrogen-bond donors (Lipinski definition) is 0. The van der Waals surface area contributed by atoms with Crippen LogP contribution in [0, 0.1) is 13.8 Å². The van der Waals surface area contributed by atoms with E-state index in [1.807, 2.05) is 83.3 Å². The Hall–Kier alpha value is -0.680. The van der Waals surface area contributed by atoms with Crippen LogP contribution in [0.25, 0.3) is 0 Å². The van der Waals surface area contributed by atoms with Crippen molar-refractivity contribution in [2.75, 3.05) is 51.3 Å². The first kappa shape index (κ1) is 29.9. The van der Waals surface area contributed by atoms with Gasteiger partial charge in [-0.3, -0.25) is 0 Å². The van der Waals surface area contributed by atoms with E-state index in [1.165, 1.54) is 10.1 Å². The second kappa shape index (κ2) is 11.6. The molecule has 196 valence electrons. The van der Waals surface area contributed by atoms with Gasteiger partial charge in [0.25, 0.3) is 0 Å². The largest absolute Gasteiger partial charge is 0.345 e. The fourth-order valence-electron chi connectivity index (χ4n) is 3.00. The summed E-state index contributed by atoms with van der Waals surface area (Å²) in [5.41, 5.74) is 2.04. The van der Waals surface area contributed by atoms with Crippen molar-refractivity contribution in [3.05, 3.63) is 11.4 Å². The molecule has 12 nitrogen and oxygen atoms in total. The number of aryl methyl sites for hydroxylation is 4. The third kappa shape index (κ3) is 6.47. The van der Waals surface area contributed by atoms with Crippen LogP contribution in [0.3, 0.4) is 0 Å². The lowest BCUT2D eigenvalue weighted by molar-refractivity contribution is 0.825. The summed E-state index contributed by atoms with van der Waals surface area (Å²) in [4.78, 5) is 3.79. The van der Waals surface area contributed by atoms with Gasteiger partial charge in [0.2, 0.25) is 11.9 Å². The zero-order chi connectivity index (χ0) is 27.0. The van der Waals surface area contributed by atoms with Crippen molar-refractivity contribution in [1.29, 1.82) is 0 Å². The van der Waals surface area contributed by atoms with Crippen LogP contribution in [0.2, 0.25) is 0 Å². The molecule has 4 aromatic rings. The first-order valence-electron chi connectivity index (χ1n) is 10.5. The highest BCUT2D eigenvalue weighted by Gasteiger charge is 2.25. The number of rotatable bonds is 6. The molecule has 0 fully saturated rings. The zero-order valence-corrected chi connectivity index (χ0v) is 28.9. The molecule has 0 bridgehead atoms. The summed E-state index contributed by atoms with van der Waals surface area (Å²) in [5, 5.41) is 20.2. The second-order valence-corrected chi connectivity index (χ2v) is 23.2. The van der Waals surface area contributed by atoms with Crippen molar-refractivity contribution >= 4 is 91.7 Å². The molecule has 0 saturated heterocycles. The molecule has 0 radical (unpaired) electrons. The van der Waals surface area contributed by atoms with Crippen molar-refractivity contribution in [3.8, 4) is 0 Å². The van der Waals surface area contributed by atoms with E-state index in [2.05, 4.69) is 43.2 Å². The van der Waals surface area contributed by atoms with Gasteiger partial charge in [-0.25, -0.2) is 8.89 Å². The average Bonchev–Trinajstić information content (AvgIpc) is 3.54. The molecule has 4 aromatic heterocycles. The number of hydrogen-bond acceptors (Lipinski definition) is 10. The molecule has 0 aromatic carbocycles. The van der Waals surface area contributed by atoms with Crippen molar-refractivity contribution < 1.29 is 0 Å². The third-order valence-electron chi connectivity index (χ3n) is 4.77. The highest BCUT2D eigenvalue weighted by atomic mass is 32.4. The summed E-state index contributed by atoms with van der Waals surface area (Å²) in [7, 11) is 15.4. The fraction of sp³-hybridized carbons (Fsp3) is 0.625. The lowest BCUT2D eigenvalue weighted by Crippen LogP contribution is -2.12. The number of anilines is 2. The van der Waals surface area contributed by atoms with Gasteiger partial charge in [-0.05, 0) is 27.2 Å². The fourth-order valence-corrected chi connectivity index (χ4v) is 14.7. The first-order valence-corrected chi connectivity index (χ1v) is 20.2. The van der Waals surface area contributed by atoms with E-state index in [-0.39, 0.29) is 0 Å². The summed E-state index contributed by atoms with van der Waals surface area (Å²) >= 11 is 11.7. The minimum Gasteiger partial charge on any atom is -0.345 e. The minimum atomic E-state index is -1.88. The Morgan fingerprint density at radius 3 is 1.22 bits per heavy atom. The van der Waals surface area contributed by atoms with Gasteiger partial charge in [0, 0.05) is 59.0 Å². The Morgan fingerprint density at radius 2 is 1.00 bits per heavy atom. The van der Waals surface area contributed by atoms with Crippen LogP contribution in [0.1, 0.15) is 11.4 Å². The molecule has 0 aliphatic carbocycles. The Kier molecular flexibility index (Phi) is 9.62. The minimum absolute atomic E-state index is 0.728. The standard InChI is InChI=1S/2C8H15N6P3S/c2*1-6-7(15-13(4)9-6)17(5,18)14-10-8(11-16-14)12(2)3/h2*1-5H3. The van der Waals surface area contributed by atoms with E-state index in [4.69, 9.17) is 23.6 Å². The molecule has 4 rings (SSSR count). The lowest BCUT2D eigenvalue weighted by Gasteiger charge is -2.14. The molecule has 0 aliphatic rings. The van der Waals surface area contributed by atoms with E-state index in [0.29, 0.717) is 0 Å². The summed E-state index contributed by atoms with van der Waals surface area (Å²) in [5.74, 6) is 1.46. The molecule has 0 amide bonds. The summed E-state index contributed by atoms with van der Waals surface area (Å²) in [6, 6.07) is 0. The lowest BCUT2D eigenvalue weighted by atomic mass is 10.6. The Bertz CT molecular complexity index is 1340. The molecule has 0 N–H and O–H groups in total. The summed E-state index contributed by atoms with van der Waals surface area (Å²) in [6.07, 6.45) is -3.76. The number of aromatic nitrogens is 10. The van der Waals surface area contributed by atoms with Crippen LogP contribution in [0.5, 0.6) is 0 Å². The molecule has 0 saturated carbocycles. The van der Waals surface area contributed by atoms with Gasteiger partial charge >= 0.3 is 0 Å². The van der Waals surface area contributed by atoms with Crippen LogP contribution in [0.15, 0.2) is 0 Å². The molecule has 0 spiro atoms. The topological polar surface area (TPSA) is 104 Å². The highest BCUT2D eigenvalue weighted by molar-refractivity contribution is 8.20. The SMILES string of the molecule is Cc1nn(C)pc1P(C)(=S)n1nc(N(C)C)np1.Cc1nn(C)pc1P(C)(=S)n1nc(N(C)C)np1. The average molecular weight is 640 g/mol. The molecule has 36 heavy (non-hydrogen) atoms. The van der Waals surface area contributed by atoms with Crippen LogP contribution in [-0.2, 0) is 37.7 Å². The van der Waals surface area contributed by atoms with Gasteiger partial charge in [0.05, 0.1) is 33.8 Å². The summed E-state index contributed by atoms with van der Waals surface area (Å²) < 4.78 is 16.4. The van der Waals surface area contributed by atoms with Gasteiger partial charge in [0.15, 0.2) is 17.0 Å². The predicted octanol–water partition coefficient (Wildman–Crippen LogP) is 3.49. The van der Waals surface area contributed by atoms with Crippen LogP contribution < -0.4 is 19.9 Å². The zero-order valence-electron chi connectivity index (χ0n) is 21.9. The van der Waals surface area contributed by atoms with E-state index in [9.17, 15) is 0 Å². The Labute approximate surface area is 228 Å². The van der Waals surface area contributed by atoms with Crippen molar-refractivity contribution in [2.45, 2.75) is 13.8 Å². The van der Waals surface area contributed by atoms with E-state index in [0.717, 1.165) is 57.0 Å². The van der Waals surface area contributed by atoms with E-state index < -0.39 is 12.4 Å². The molecule has 0 aliphatic heterocycles. The third-order valence-corrected chi connectivity index (χ3v) is 20.4. The monoisotopic (exact) mass is 640 g/mol. The molecule has 2 atom stereocenters. The molecular formula is C16H30N12P6S2. The first-order chi connectivity index (χ1) is 16.6. The number of nitrogens with zero attached hydrogens (tertiary/aromatic N) is 12. The highest BCUT2D eigenvalue weighted by Crippen LogP contribution is 2.48. The van der Waals surface area contributed by atoms with Crippen molar-refractivity contribution in [3.63, 3.8) is 0 Å². The molecule has 4 heterocycles. The van der Waals surface area contributed by atoms with E-state index in [1.54, 1.807) is 0 Å². The summed E-state index contributed by atoms with van der Waals surface area (Å²) in [6.45, 7) is 8.20. The quantitative estimate of drug-likeness (QED) is 0.291.